The Bertz CT molecular complexity index is 400. The summed E-state index contributed by atoms with van der Waals surface area (Å²) in [6.07, 6.45) is 15.4. The molecule has 132 valence electrons. The third-order valence-corrected chi connectivity index (χ3v) is 9.15. The zero-order valence-corrected chi connectivity index (χ0v) is 16.2. The van der Waals surface area contributed by atoms with Gasteiger partial charge in [0.15, 0.2) is 0 Å². The van der Waals surface area contributed by atoms with E-state index in [2.05, 4.69) is 27.7 Å². The lowest BCUT2D eigenvalue weighted by Crippen LogP contribution is -2.40. The Morgan fingerprint density at radius 2 is 1.13 bits per heavy atom. The van der Waals surface area contributed by atoms with Gasteiger partial charge >= 0.3 is 0 Å². The van der Waals surface area contributed by atoms with Crippen molar-refractivity contribution in [2.45, 2.75) is 91.9 Å². The van der Waals surface area contributed by atoms with Crippen LogP contribution >= 0.6 is 0 Å². The first-order valence-electron chi connectivity index (χ1n) is 11.0. The molecule has 7 unspecified atom stereocenters. The van der Waals surface area contributed by atoms with Gasteiger partial charge in [0.1, 0.15) is 0 Å². The molecule has 0 aromatic heterocycles. The van der Waals surface area contributed by atoms with Gasteiger partial charge in [0.2, 0.25) is 0 Å². The Kier molecular flexibility index (Phi) is 4.34. The number of fused-ring (bicyclic) bond motifs is 3. The molecule has 0 heteroatoms. The van der Waals surface area contributed by atoms with E-state index >= 15 is 0 Å². The summed E-state index contributed by atoms with van der Waals surface area (Å²) in [7, 11) is 0. The van der Waals surface area contributed by atoms with Crippen LogP contribution in [0.2, 0.25) is 0 Å². The van der Waals surface area contributed by atoms with Crippen molar-refractivity contribution in [2.24, 2.45) is 52.8 Å². The van der Waals surface area contributed by atoms with Crippen LogP contribution in [0.15, 0.2) is 0 Å². The molecule has 4 aliphatic rings. The summed E-state index contributed by atoms with van der Waals surface area (Å²) >= 11 is 0. The van der Waals surface area contributed by atoms with E-state index in [0.717, 1.165) is 47.3 Å². The van der Waals surface area contributed by atoms with Crippen molar-refractivity contribution < 1.29 is 0 Å². The van der Waals surface area contributed by atoms with Gasteiger partial charge in [-0.1, -0.05) is 53.4 Å². The molecule has 4 rings (SSSR count). The molecule has 4 saturated carbocycles. The van der Waals surface area contributed by atoms with Crippen LogP contribution in [0.25, 0.3) is 0 Å². The van der Waals surface area contributed by atoms with Crippen molar-refractivity contribution in [3.05, 3.63) is 0 Å². The van der Waals surface area contributed by atoms with Gasteiger partial charge in [-0.25, -0.2) is 0 Å². The van der Waals surface area contributed by atoms with E-state index in [1.54, 1.807) is 25.7 Å². The molecule has 0 aromatic rings. The van der Waals surface area contributed by atoms with Crippen molar-refractivity contribution in [2.75, 3.05) is 0 Å². The molecule has 0 heterocycles. The molecule has 0 N–H and O–H groups in total. The van der Waals surface area contributed by atoms with E-state index in [4.69, 9.17) is 0 Å². The predicted molar refractivity (Wildman–Crippen MR) is 99.2 cm³/mol. The van der Waals surface area contributed by atoms with Gasteiger partial charge in [0, 0.05) is 0 Å². The first-order chi connectivity index (χ1) is 11.0. The number of rotatable bonds is 2. The lowest BCUT2D eigenvalue weighted by atomic mass is 9.58. The molecule has 0 radical (unpaired) electrons. The maximum atomic E-state index is 2.71. The van der Waals surface area contributed by atoms with Crippen LogP contribution in [0, 0.1) is 52.8 Å². The Labute approximate surface area is 145 Å². The summed E-state index contributed by atoms with van der Waals surface area (Å²) in [5.74, 6) is 8.40. The largest absolute Gasteiger partial charge is 0.0625 e. The second kappa shape index (κ2) is 6.06. The average Bonchev–Trinajstić information content (AvgIpc) is 3.05. The molecule has 0 aliphatic heterocycles. The van der Waals surface area contributed by atoms with Gasteiger partial charge in [-0.05, 0) is 91.3 Å². The highest BCUT2D eigenvalue weighted by Crippen LogP contribution is 2.65. The van der Waals surface area contributed by atoms with E-state index in [9.17, 15) is 0 Å². The summed E-state index contributed by atoms with van der Waals surface area (Å²) < 4.78 is 0. The molecule has 0 nitrogen and oxygen atoms in total. The predicted octanol–water partition coefficient (Wildman–Crippen LogP) is 6.94. The van der Waals surface area contributed by atoms with Crippen LogP contribution < -0.4 is 0 Å². The minimum absolute atomic E-state index is 0.585. The molecule has 0 aromatic carbocycles. The highest BCUT2D eigenvalue weighted by molar-refractivity contribution is 5.06. The molecule has 7 atom stereocenters. The average molecular weight is 317 g/mol. The fourth-order valence-corrected chi connectivity index (χ4v) is 8.60. The van der Waals surface area contributed by atoms with E-state index in [1.165, 1.54) is 38.5 Å². The van der Waals surface area contributed by atoms with Crippen molar-refractivity contribution in [3.8, 4) is 0 Å². The smallest absolute Gasteiger partial charge is 0.0289 e. The maximum absolute atomic E-state index is 2.71. The summed E-state index contributed by atoms with van der Waals surface area (Å²) in [6.45, 7) is 10.5. The van der Waals surface area contributed by atoms with Gasteiger partial charge in [-0.15, -0.1) is 0 Å². The Balaban J connectivity index is 1.64. The maximum Gasteiger partial charge on any atom is -0.0289 e. The van der Waals surface area contributed by atoms with Crippen LogP contribution in [-0.4, -0.2) is 0 Å². The quantitative estimate of drug-likeness (QED) is 0.517. The SMILES string of the molecule is CC1CC(C)C(C(C)(C)C2C3CCCCC3C3CCCCC32)C1. The number of hydrogen-bond donors (Lipinski definition) is 0. The van der Waals surface area contributed by atoms with Gasteiger partial charge in [-0.3, -0.25) is 0 Å². The van der Waals surface area contributed by atoms with Crippen LogP contribution in [0.5, 0.6) is 0 Å². The molecule has 4 fully saturated rings. The van der Waals surface area contributed by atoms with E-state index in [0.29, 0.717) is 5.41 Å². The van der Waals surface area contributed by atoms with Gasteiger partial charge in [-0.2, -0.15) is 0 Å². The second-order valence-corrected chi connectivity index (χ2v) is 10.7. The monoisotopic (exact) mass is 316 g/mol. The number of hydrogen-bond acceptors (Lipinski definition) is 0. The molecule has 4 aliphatic carbocycles. The van der Waals surface area contributed by atoms with Crippen molar-refractivity contribution in [3.63, 3.8) is 0 Å². The van der Waals surface area contributed by atoms with Crippen molar-refractivity contribution in [1.29, 1.82) is 0 Å². The summed E-state index contributed by atoms with van der Waals surface area (Å²) in [5, 5.41) is 0. The standard InChI is InChI=1S/C23H40/c1-15-13-16(2)21(14-15)23(3,4)22-19-11-7-5-9-17(19)18-10-6-8-12-20(18)22/h15-22H,5-14H2,1-4H3. The minimum atomic E-state index is 0.585. The molecular formula is C23H40. The summed E-state index contributed by atoms with van der Waals surface area (Å²) in [5.41, 5.74) is 0.585. The fraction of sp³-hybridized carbons (Fsp3) is 1.00. The van der Waals surface area contributed by atoms with E-state index in [1.807, 2.05) is 0 Å². The second-order valence-electron chi connectivity index (χ2n) is 10.7. The zero-order chi connectivity index (χ0) is 16.2. The molecule has 0 amide bonds. The first-order valence-corrected chi connectivity index (χ1v) is 11.0. The van der Waals surface area contributed by atoms with E-state index < -0.39 is 0 Å². The lowest BCUT2D eigenvalue weighted by molar-refractivity contribution is 0.0147. The van der Waals surface area contributed by atoms with Crippen molar-refractivity contribution in [1.82, 2.24) is 0 Å². The topological polar surface area (TPSA) is 0 Å². The van der Waals surface area contributed by atoms with Gasteiger partial charge in [0.05, 0.1) is 0 Å². The van der Waals surface area contributed by atoms with Gasteiger partial charge in [0.25, 0.3) is 0 Å². The molecular weight excluding hydrogens is 276 g/mol. The van der Waals surface area contributed by atoms with E-state index in [-0.39, 0.29) is 0 Å². The van der Waals surface area contributed by atoms with Crippen LogP contribution in [-0.2, 0) is 0 Å². The van der Waals surface area contributed by atoms with Crippen LogP contribution in [0.1, 0.15) is 91.9 Å². The molecule has 0 bridgehead atoms. The van der Waals surface area contributed by atoms with Crippen LogP contribution in [0.3, 0.4) is 0 Å². The first kappa shape index (κ1) is 16.5. The summed E-state index contributed by atoms with van der Waals surface area (Å²) in [4.78, 5) is 0. The third kappa shape index (κ3) is 2.62. The zero-order valence-electron chi connectivity index (χ0n) is 16.2. The minimum Gasteiger partial charge on any atom is -0.0625 e. The highest BCUT2D eigenvalue weighted by atomic mass is 14.6. The molecule has 0 spiro atoms. The third-order valence-electron chi connectivity index (χ3n) is 9.15. The lowest BCUT2D eigenvalue weighted by Gasteiger charge is -2.47. The Hall–Kier alpha value is 0. The molecule has 0 saturated heterocycles. The Morgan fingerprint density at radius 3 is 1.57 bits per heavy atom. The highest BCUT2D eigenvalue weighted by Gasteiger charge is 2.57. The van der Waals surface area contributed by atoms with Crippen molar-refractivity contribution >= 4 is 0 Å². The fourth-order valence-electron chi connectivity index (χ4n) is 8.60. The van der Waals surface area contributed by atoms with Gasteiger partial charge < -0.3 is 0 Å². The summed E-state index contributed by atoms with van der Waals surface area (Å²) in [6, 6.07) is 0. The normalized spacial score (nSPS) is 50.6. The van der Waals surface area contributed by atoms with Crippen LogP contribution in [0.4, 0.5) is 0 Å². The Morgan fingerprint density at radius 1 is 0.652 bits per heavy atom. The molecule has 23 heavy (non-hydrogen) atoms.